The Morgan fingerprint density at radius 2 is 1.94 bits per heavy atom. The van der Waals surface area contributed by atoms with E-state index in [9.17, 15) is 4.79 Å². The second-order valence-electron chi connectivity index (χ2n) is 3.60. The summed E-state index contributed by atoms with van der Waals surface area (Å²) < 4.78 is 0. The third-order valence-corrected chi connectivity index (χ3v) is 2.48. The second-order valence-corrected chi connectivity index (χ2v) is 4.85. The van der Waals surface area contributed by atoms with Gasteiger partial charge in [0.15, 0.2) is 5.78 Å². The van der Waals surface area contributed by atoms with Crippen molar-refractivity contribution in [3.8, 4) is 12.1 Å². The molecule has 0 heterocycles. The Kier molecular flexibility index (Phi) is 7.05. The molecule has 0 rings (SSSR count). The van der Waals surface area contributed by atoms with Gasteiger partial charge in [0.1, 0.15) is 17.7 Å². The first-order valence-electron chi connectivity index (χ1n) is 5.06. The summed E-state index contributed by atoms with van der Waals surface area (Å²) in [4.78, 5) is 11.8. The predicted octanol–water partition coefficient (Wildman–Crippen LogP) is 3.62. The van der Waals surface area contributed by atoms with E-state index >= 15 is 0 Å². The molecule has 94 valence electrons. The van der Waals surface area contributed by atoms with Gasteiger partial charge in [0, 0.05) is 17.0 Å². The molecule has 0 N–H and O–H groups in total. The summed E-state index contributed by atoms with van der Waals surface area (Å²) in [5, 5.41) is 17.4. The summed E-state index contributed by atoms with van der Waals surface area (Å²) in [6, 6.07) is 3.46. The van der Waals surface area contributed by atoms with Crippen molar-refractivity contribution < 1.29 is 4.79 Å². The molecule has 0 aromatic rings. The Morgan fingerprint density at radius 1 is 1.44 bits per heavy atom. The lowest BCUT2D eigenvalue weighted by atomic mass is 9.98. The highest BCUT2D eigenvalue weighted by Gasteiger charge is 2.17. The van der Waals surface area contributed by atoms with E-state index < -0.39 is 5.38 Å². The largest absolute Gasteiger partial charge is 0.294 e. The Hall–Kier alpha value is -1.55. The summed E-state index contributed by atoms with van der Waals surface area (Å²) in [6.07, 6.45) is 1.32. The van der Waals surface area contributed by atoms with Gasteiger partial charge in [0.2, 0.25) is 0 Å². The molecular weight excluding hydrogens is 271 g/mol. The van der Waals surface area contributed by atoms with Crippen molar-refractivity contribution in [2.24, 2.45) is 0 Å². The highest BCUT2D eigenvalue weighted by molar-refractivity contribution is 6.29. The molecule has 0 aliphatic rings. The molecule has 18 heavy (non-hydrogen) atoms. The number of hydrogen-bond donors (Lipinski definition) is 0. The molecule has 0 saturated heterocycles. The fourth-order valence-electron chi connectivity index (χ4n) is 1.20. The molecule has 1 atom stereocenters. The van der Waals surface area contributed by atoms with Crippen LogP contribution >= 0.6 is 23.2 Å². The predicted molar refractivity (Wildman–Crippen MR) is 71.9 cm³/mol. The van der Waals surface area contributed by atoms with Gasteiger partial charge in [-0.05, 0) is 25.5 Å². The van der Waals surface area contributed by atoms with Crippen LogP contribution in [0.5, 0.6) is 0 Å². The topological polar surface area (TPSA) is 64.7 Å². The second kappa shape index (κ2) is 7.71. The number of halogens is 2. The van der Waals surface area contributed by atoms with Crippen LogP contribution in [0.25, 0.3) is 0 Å². The van der Waals surface area contributed by atoms with Crippen molar-refractivity contribution in [2.45, 2.75) is 25.6 Å². The molecule has 0 amide bonds. The maximum Gasteiger partial charge on any atom is 0.166 e. The number of nitriles is 2. The maximum absolute atomic E-state index is 11.8. The van der Waals surface area contributed by atoms with Gasteiger partial charge in [-0.2, -0.15) is 10.5 Å². The minimum atomic E-state index is -0.572. The normalized spacial score (nSPS) is 12.0. The summed E-state index contributed by atoms with van der Waals surface area (Å²) in [7, 11) is 0. The fraction of sp³-hybridized carbons (Fsp3) is 0.308. The molecule has 1 unspecified atom stereocenters. The van der Waals surface area contributed by atoms with E-state index in [2.05, 4.69) is 6.58 Å². The molecule has 0 aliphatic heterocycles. The molecule has 0 aliphatic carbocycles. The SMILES string of the molecule is C=C(/C=C(\C)Cl)C(=O)CC(=C(C#N)C#N)C(C)Cl. The number of allylic oxidation sites excluding steroid dienone is 5. The molecule has 3 nitrogen and oxygen atoms in total. The summed E-state index contributed by atoms with van der Waals surface area (Å²) in [5.74, 6) is -0.319. The number of carbonyl (C=O) groups excluding carboxylic acids is 1. The highest BCUT2D eigenvalue weighted by atomic mass is 35.5. The van der Waals surface area contributed by atoms with Crippen molar-refractivity contribution in [3.63, 3.8) is 0 Å². The molecule has 5 heteroatoms. The van der Waals surface area contributed by atoms with Crippen LogP contribution in [0.1, 0.15) is 20.3 Å². The molecule has 0 spiro atoms. The third kappa shape index (κ3) is 5.19. The molecule has 0 saturated carbocycles. The molecule has 0 aromatic heterocycles. The minimum Gasteiger partial charge on any atom is -0.294 e. The van der Waals surface area contributed by atoms with Gasteiger partial charge < -0.3 is 0 Å². The smallest absolute Gasteiger partial charge is 0.166 e. The van der Waals surface area contributed by atoms with Crippen LogP contribution < -0.4 is 0 Å². The number of nitrogens with zero attached hydrogens (tertiary/aromatic N) is 2. The van der Waals surface area contributed by atoms with Crippen LogP contribution in [0, 0.1) is 22.7 Å². The van der Waals surface area contributed by atoms with Crippen LogP contribution in [0.3, 0.4) is 0 Å². The monoisotopic (exact) mass is 282 g/mol. The average molecular weight is 283 g/mol. The zero-order valence-corrected chi connectivity index (χ0v) is 11.6. The number of alkyl halides is 1. The Bertz CT molecular complexity index is 482. The Labute approximate surface area is 117 Å². The van der Waals surface area contributed by atoms with E-state index in [1.165, 1.54) is 6.08 Å². The van der Waals surface area contributed by atoms with Crippen molar-refractivity contribution in [2.75, 3.05) is 0 Å². The fourth-order valence-corrected chi connectivity index (χ4v) is 1.52. The van der Waals surface area contributed by atoms with Crippen LogP contribution in [-0.2, 0) is 4.79 Å². The summed E-state index contributed by atoms with van der Waals surface area (Å²) in [5.41, 5.74) is 0.381. The minimum absolute atomic E-state index is 0.110. The Balaban J connectivity index is 5.20. The highest BCUT2D eigenvalue weighted by Crippen LogP contribution is 2.20. The van der Waals surface area contributed by atoms with E-state index in [1.807, 2.05) is 0 Å². The van der Waals surface area contributed by atoms with E-state index in [0.717, 1.165) is 0 Å². The van der Waals surface area contributed by atoms with Gasteiger partial charge in [-0.3, -0.25) is 4.79 Å². The van der Waals surface area contributed by atoms with Crippen LogP contribution in [0.15, 0.2) is 34.4 Å². The molecular formula is C13H12Cl2N2O. The number of hydrogen-bond acceptors (Lipinski definition) is 3. The van der Waals surface area contributed by atoms with Gasteiger partial charge in [0.25, 0.3) is 0 Å². The van der Waals surface area contributed by atoms with Gasteiger partial charge in [0.05, 0.1) is 5.38 Å². The first-order chi connectivity index (χ1) is 8.33. The molecule has 0 aromatic carbocycles. The summed E-state index contributed by atoms with van der Waals surface area (Å²) >= 11 is 11.5. The van der Waals surface area contributed by atoms with Gasteiger partial charge in [-0.1, -0.05) is 18.2 Å². The van der Waals surface area contributed by atoms with E-state index in [4.69, 9.17) is 33.7 Å². The van der Waals surface area contributed by atoms with Gasteiger partial charge in [-0.25, -0.2) is 0 Å². The zero-order valence-electron chi connectivity index (χ0n) is 10.1. The van der Waals surface area contributed by atoms with Gasteiger partial charge >= 0.3 is 0 Å². The maximum atomic E-state index is 11.8. The van der Waals surface area contributed by atoms with E-state index in [-0.39, 0.29) is 23.4 Å². The lowest BCUT2D eigenvalue weighted by Crippen LogP contribution is -2.09. The molecule has 0 fully saturated rings. The standard InChI is InChI=1S/C13H12Cl2N2O/c1-8(4-9(2)14)13(18)5-12(10(3)15)11(6-16)7-17/h4,10H,1,5H2,2-3H3/b9-4+. The quantitative estimate of drug-likeness (QED) is 0.335. The first-order valence-corrected chi connectivity index (χ1v) is 5.88. The molecule has 0 bridgehead atoms. The van der Waals surface area contributed by atoms with Crippen LogP contribution in [0.4, 0.5) is 0 Å². The Morgan fingerprint density at radius 3 is 2.28 bits per heavy atom. The van der Waals surface area contributed by atoms with Crippen molar-refractivity contribution in [1.82, 2.24) is 0 Å². The van der Waals surface area contributed by atoms with Crippen LogP contribution in [0.2, 0.25) is 0 Å². The van der Waals surface area contributed by atoms with Crippen molar-refractivity contribution in [1.29, 1.82) is 10.5 Å². The van der Waals surface area contributed by atoms with E-state index in [0.29, 0.717) is 10.6 Å². The van der Waals surface area contributed by atoms with Crippen LogP contribution in [-0.4, -0.2) is 11.2 Å². The average Bonchev–Trinajstić information content (AvgIpc) is 2.27. The first kappa shape index (κ1) is 16.4. The lowest BCUT2D eigenvalue weighted by Gasteiger charge is -2.09. The van der Waals surface area contributed by atoms with Crippen molar-refractivity contribution in [3.05, 3.63) is 34.4 Å². The van der Waals surface area contributed by atoms with Crippen molar-refractivity contribution >= 4 is 29.0 Å². The number of rotatable bonds is 5. The third-order valence-electron chi connectivity index (χ3n) is 2.11. The number of Topliss-reactive ketones (excluding diaryl/α,β-unsaturated/α-hetero) is 1. The molecule has 0 radical (unpaired) electrons. The zero-order chi connectivity index (χ0) is 14.3. The number of carbonyl (C=O) groups is 1. The van der Waals surface area contributed by atoms with Gasteiger partial charge in [-0.15, -0.1) is 11.6 Å². The summed E-state index contributed by atoms with van der Waals surface area (Å²) in [6.45, 7) is 6.80. The number of ketones is 1. The van der Waals surface area contributed by atoms with E-state index in [1.54, 1.807) is 26.0 Å². The lowest BCUT2D eigenvalue weighted by molar-refractivity contribution is -0.114.